The summed E-state index contributed by atoms with van der Waals surface area (Å²) >= 11 is 0. The largest absolute Gasteiger partial charge is 0.346 e. The molecule has 0 saturated carbocycles. The van der Waals surface area contributed by atoms with E-state index in [1.807, 2.05) is 9.47 Å². The van der Waals surface area contributed by atoms with Gasteiger partial charge in [-0.25, -0.2) is 9.37 Å². The fourth-order valence-electron chi connectivity index (χ4n) is 4.30. The topological polar surface area (TPSA) is 67.2 Å². The lowest BCUT2D eigenvalue weighted by atomic mass is 10.0. The molecule has 1 fully saturated rings. The highest BCUT2D eigenvalue weighted by Crippen LogP contribution is 2.24. The van der Waals surface area contributed by atoms with Gasteiger partial charge in [0, 0.05) is 31.7 Å². The van der Waals surface area contributed by atoms with E-state index in [2.05, 4.69) is 17.2 Å². The molecule has 2 aliphatic rings. The van der Waals surface area contributed by atoms with Gasteiger partial charge >= 0.3 is 0 Å². The lowest BCUT2D eigenvalue weighted by Crippen LogP contribution is -2.40. The molecule has 2 amide bonds. The number of carbonyl (C=O) groups is 2. The van der Waals surface area contributed by atoms with Crippen molar-refractivity contribution in [1.29, 1.82) is 0 Å². The van der Waals surface area contributed by atoms with E-state index in [4.69, 9.17) is 0 Å². The maximum atomic E-state index is 13.8. The van der Waals surface area contributed by atoms with E-state index in [1.165, 1.54) is 6.07 Å². The molecule has 0 bridgehead atoms. The number of nitrogens with one attached hydrogen (secondary N) is 1. The van der Waals surface area contributed by atoms with Crippen LogP contribution < -0.4 is 5.32 Å². The van der Waals surface area contributed by atoms with E-state index < -0.39 is 0 Å². The summed E-state index contributed by atoms with van der Waals surface area (Å²) in [5, 5.41) is 2.77. The second-order valence-electron chi connectivity index (χ2n) is 8.11. The Hall–Kier alpha value is -2.70. The van der Waals surface area contributed by atoms with E-state index in [0.717, 1.165) is 50.9 Å². The fourth-order valence-corrected chi connectivity index (χ4v) is 4.30. The van der Waals surface area contributed by atoms with Crippen molar-refractivity contribution in [1.82, 2.24) is 19.8 Å². The van der Waals surface area contributed by atoms with Crippen molar-refractivity contribution in [2.45, 2.75) is 52.1 Å². The first-order valence-corrected chi connectivity index (χ1v) is 10.4. The molecule has 0 aliphatic carbocycles. The first-order chi connectivity index (χ1) is 14.0. The van der Waals surface area contributed by atoms with Gasteiger partial charge in [-0.2, -0.15) is 0 Å². The molecule has 1 aromatic carbocycles. The van der Waals surface area contributed by atoms with Crippen molar-refractivity contribution in [3.05, 3.63) is 52.9 Å². The number of hydrogen-bond donors (Lipinski definition) is 1. The molecule has 29 heavy (non-hydrogen) atoms. The molecule has 7 heteroatoms. The van der Waals surface area contributed by atoms with E-state index in [-0.39, 0.29) is 24.2 Å². The molecule has 1 saturated heterocycles. The average molecular weight is 398 g/mol. The van der Waals surface area contributed by atoms with Crippen LogP contribution in [0, 0.1) is 11.7 Å². The fraction of sp³-hybridized carbons (Fsp3) is 0.500. The Bertz CT molecular complexity index is 924. The maximum Gasteiger partial charge on any atom is 0.289 e. The number of halogens is 1. The predicted molar refractivity (Wildman–Crippen MR) is 107 cm³/mol. The summed E-state index contributed by atoms with van der Waals surface area (Å²) in [6, 6.07) is 6.37. The van der Waals surface area contributed by atoms with Crippen molar-refractivity contribution in [2.24, 2.45) is 5.92 Å². The molecule has 1 N–H and O–H groups in total. The number of likely N-dealkylation sites (tertiary alicyclic amines) is 1. The Morgan fingerprint density at radius 1 is 1.21 bits per heavy atom. The number of fused-ring (bicyclic) bond motifs is 1. The molecule has 1 atom stereocenters. The van der Waals surface area contributed by atoms with Crippen molar-refractivity contribution < 1.29 is 14.0 Å². The molecule has 1 aromatic heterocycles. The van der Waals surface area contributed by atoms with Gasteiger partial charge < -0.3 is 14.8 Å². The molecule has 6 nitrogen and oxygen atoms in total. The van der Waals surface area contributed by atoms with Crippen LogP contribution in [0.2, 0.25) is 0 Å². The van der Waals surface area contributed by atoms with Crippen LogP contribution in [-0.4, -0.2) is 39.4 Å². The number of aromatic nitrogens is 2. The van der Waals surface area contributed by atoms with E-state index in [9.17, 15) is 14.0 Å². The highest BCUT2D eigenvalue weighted by atomic mass is 19.1. The lowest BCUT2D eigenvalue weighted by molar-refractivity contribution is 0.0664. The van der Waals surface area contributed by atoms with Gasteiger partial charge in [0.25, 0.3) is 11.8 Å². The van der Waals surface area contributed by atoms with E-state index >= 15 is 0 Å². The van der Waals surface area contributed by atoms with Crippen LogP contribution in [0.25, 0.3) is 0 Å². The highest BCUT2D eigenvalue weighted by Gasteiger charge is 2.31. The quantitative estimate of drug-likeness (QED) is 0.860. The van der Waals surface area contributed by atoms with Crippen LogP contribution in [0.4, 0.5) is 4.39 Å². The maximum absolute atomic E-state index is 13.8. The average Bonchev–Trinajstić information content (AvgIpc) is 3.12. The third-order valence-electron chi connectivity index (χ3n) is 5.87. The van der Waals surface area contributed by atoms with Crippen LogP contribution in [0.5, 0.6) is 0 Å². The summed E-state index contributed by atoms with van der Waals surface area (Å²) in [7, 11) is 0. The molecule has 0 spiro atoms. The Balaban J connectivity index is 1.56. The number of piperidine rings is 1. The van der Waals surface area contributed by atoms with Gasteiger partial charge in [0.2, 0.25) is 0 Å². The number of amides is 2. The molecule has 154 valence electrons. The van der Waals surface area contributed by atoms with Crippen molar-refractivity contribution >= 4 is 11.8 Å². The van der Waals surface area contributed by atoms with Gasteiger partial charge in [-0.05, 0) is 44.1 Å². The van der Waals surface area contributed by atoms with Crippen molar-refractivity contribution in [3.63, 3.8) is 0 Å². The van der Waals surface area contributed by atoms with Crippen molar-refractivity contribution in [3.8, 4) is 0 Å². The molecule has 2 aliphatic heterocycles. The second-order valence-corrected chi connectivity index (χ2v) is 8.11. The Labute approximate surface area is 170 Å². The summed E-state index contributed by atoms with van der Waals surface area (Å²) in [5.41, 5.74) is 1.54. The second kappa shape index (κ2) is 8.35. The molecule has 1 unspecified atom stereocenters. The Morgan fingerprint density at radius 3 is 2.83 bits per heavy atom. The van der Waals surface area contributed by atoms with Gasteiger partial charge in [-0.3, -0.25) is 9.59 Å². The van der Waals surface area contributed by atoms with Crippen LogP contribution in [-0.2, 0) is 19.5 Å². The Kier molecular flexibility index (Phi) is 5.65. The molecular weight excluding hydrogens is 371 g/mol. The van der Waals surface area contributed by atoms with Gasteiger partial charge in [-0.15, -0.1) is 0 Å². The molecule has 2 aromatic rings. The number of imidazole rings is 1. The Morgan fingerprint density at radius 2 is 2.03 bits per heavy atom. The number of hydrogen-bond acceptors (Lipinski definition) is 3. The monoisotopic (exact) mass is 398 g/mol. The zero-order valence-corrected chi connectivity index (χ0v) is 16.8. The number of nitrogens with zero attached hydrogens (tertiary/aromatic N) is 3. The summed E-state index contributed by atoms with van der Waals surface area (Å²) in [6.07, 6.45) is 4.78. The molecule has 4 rings (SSSR count). The van der Waals surface area contributed by atoms with Gasteiger partial charge in [0.05, 0.1) is 5.69 Å². The first kappa shape index (κ1) is 19.6. The summed E-state index contributed by atoms with van der Waals surface area (Å²) < 4.78 is 15.8. The van der Waals surface area contributed by atoms with Crippen LogP contribution in [0.1, 0.15) is 65.0 Å². The molecule has 0 radical (unpaired) electrons. The van der Waals surface area contributed by atoms with Crippen LogP contribution in [0.15, 0.2) is 24.3 Å². The third-order valence-corrected chi connectivity index (χ3v) is 5.87. The molecule has 3 heterocycles. The number of carbonyl (C=O) groups excluding carboxylic acids is 2. The van der Waals surface area contributed by atoms with Crippen LogP contribution >= 0.6 is 0 Å². The zero-order valence-electron chi connectivity index (χ0n) is 16.8. The lowest BCUT2D eigenvalue weighted by Gasteiger charge is -2.31. The SMILES string of the molecule is CC1CCCN(C(=O)c2nc(C(=O)NCc3ccccc3F)c3n2CCCC3)C1. The van der Waals surface area contributed by atoms with Crippen LogP contribution in [0.3, 0.4) is 0 Å². The molecular formula is C22H27FN4O2. The van der Waals surface area contributed by atoms with Gasteiger partial charge in [0.15, 0.2) is 5.82 Å². The number of rotatable bonds is 4. The normalized spacial score (nSPS) is 19.0. The minimum Gasteiger partial charge on any atom is -0.346 e. The summed E-state index contributed by atoms with van der Waals surface area (Å²) in [6.45, 7) is 4.41. The van der Waals surface area contributed by atoms with Crippen molar-refractivity contribution in [2.75, 3.05) is 13.1 Å². The minimum absolute atomic E-state index is 0.0880. The minimum atomic E-state index is -0.357. The summed E-state index contributed by atoms with van der Waals surface area (Å²) in [5.74, 6) is 0.0458. The van der Waals surface area contributed by atoms with E-state index in [0.29, 0.717) is 29.5 Å². The van der Waals surface area contributed by atoms with Gasteiger partial charge in [-0.1, -0.05) is 25.1 Å². The van der Waals surface area contributed by atoms with Gasteiger partial charge in [0.1, 0.15) is 11.5 Å². The highest BCUT2D eigenvalue weighted by molar-refractivity contribution is 5.97. The summed E-state index contributed by atoms with van der Waals surface area (Å²) in [4.78, 5) is 32.3. The predicted octanol–water partition coefficient (Wildman–Crippen LogP) is 3.16. The first-order valence-electron chi connectivity index (χ1n) is 10.4. The third kappa shape index (κ3) is 4.04. The standard InChI is InChI=1S/C22H27FN4O2/c1-15-7-6-11-26(14-15)22(29)20-25-19(18-10-4-5-12-27(18)20)21(28)24-13-16-8-2-3-9-17(16)23/h2-3,8-9,15H,4-7,10-14H2,1H3,(H,24,28). The smallest absolute Gasteiger partial charge is 0.289 e. The zero-order chi connectivity index (χ0) is 20.4. The van der Waals surface area contributed by atoms with E-state index in [1.54, 1.807) is 18.2 Å². The number of benzene rings is 1.